The fourth-order valence-electron chi connectivity index (χ4n) is 2.58. The maximum atomic E-state index is 11.5. The number of hydrogen-bond donors (Lipinski definition) is 1. The second-order valence-corrected chi connectivity index (χ2v) is 6.66. The van der Waals surface area contributed by atoms with Crippen LogP contribution < -0.4 is 0 Å². The van der Waals surface area contributed by atoms with Gasteiger partial charge in [0, 0.05) is 9.35 Å². The van der Waals surface area contributed by atoms with Crippen LogP contribution >= 0.6 is 27.3 Å². The molecule has 0 saturated heterocycles. The molecule has 0 bridgehead atoms. The molecule has 0 aromatic carbocycles. The summed E-state index contributed by atoms with van der Waals surface area (Å²) in [6.07, 6.45) is 3.33. The lowest BCUT2D eigenvalue weighted by molar-refractivity contribution is -0.148. The van der Waals surface area contributed by atoms with Crippen LogP contribution in [0.5, 0.6) is 0 Å². The summed E-state index contributed by atoms with van der Waals surface area (Å²) in [6, 6.07) is 1.99. The van der Waals surface area contributed by atoms with Gasteiger partial charge in [0.1, 0.15) is 0 Å². The van der Waals surface area contributed by atoms with Gasteiger partial charge in [0.05, 0.1) is 5.41 Å². The van der Waals surface area contributed by atoms with Crippen LogP contribution in [-0.2, 0) is 11.2 Å². The molecule has 0 spiro atoms. The van der Waals surface area contributed by atoms with E-state index in [9.17, 15) is 9.90 Å². The van der Waals surface area contributed by atoms with Gasteiger partial charge in [0.15, 0.2) is 0 Å². The van der Waals surface area contributed by atoms with E-state index in [1.54, 1.807) is 11.3 Å². The molecule has 0 radical (unpaired) electrons. The van der Waals surface area contributed by atoms with Gasteiger partial charge in [0.2, 0.25) is 0 Å². The zero-order valence-corrected chi connectivity index (χ0v) is 11.6. The average Bonchev–Trinajstić information content (AvgIpc) is 2.76. The van der Waals surface area contributed by atoms with Crippen molar-refractivity contribution in [2.24, 2.45) is 11.3 Å². The van der Waals surface area contributed by atoms with Gasteiger partial charge in [-0.1, -0.05) is 6.92 Å². The highest BCUT2D eigenvalue weighted by molar-refractivity contribution is 9.10. The van der Waals surface area contributed by atoms with Gasteiger partial charge in [0.25, 0.3) is 0 Å². The van der Waals surface area contributed by atoms with Gasteiger partial charge in [-0.05, 0) is 59.0 Å². The summed E-state index contributed by atoms with van der Waals surface area (Å²) in [5.74, 6) is -0.0908. The van der Waals surface area contributed by atoms with Gasteiger partial charge in [-0.25, -0.2) is 0 Å². The third-order valence-electron chi connectivity index (χ3n) is 3.50. The highest BCUT2D eigenvalue weighted by Crippen LogP contribution is 2.45. The molecule has 1 fully saturated rings. The third kappa shape index (κ3) is 2.18. The molecule has 2 atom stereocenters. The van der Waals surface area contributed by atoms with E-state index in [2.05, 4.69) is 22.9 Å². The zero-order valence-electron chi connectivity index (χ0n) is 9.20. The molecular formula is C12H15BrO2S. The van der Waals surface area contributed by atoms with Crippen molar-refractivity contribution in [3.63, 3.8) is 0 Å². The summed E-state index contributed by atoms with van der Waals surface area (Å²) < 4.78 is 1.05. The minimum absolute atomic E-state index is 0.521. The first-order valence-electron chi connectivity index (χ1n) is 5.49. The largest absolute Gasteiger partial charge is 0.481 e. The van der Waals surface area contributed by atoms with Crippen LogP contribution in [0.1, 0.15) is 31.1 Å². The highest BCUT2D eigenvalue weighted by atomic mass is 79.9. The van der Waals surface area contributed by atoms with Gasteiger partial charge in [-0.3, -0.25) is 4.79 Å². The minimum atomic E-state index is -0.628. The maximum absolute atomic E-state index is 11.5. The predicted molar refractivity (Wildman–Crippen MR) is 68.8 cm³/mol. The number of aliphatic carboxylic acids is 1. The van der Waals surface area contributed by atoms with Crippen LogP contribution in [0.4, 0.5) is 0 Å². The van der Waals surface area contributed by atoms with Crippen molar-refractivity contribution in [2.45, 2.75) is 32.6 Å². The zero-order chi connectivity index (χ0) is 11.8. The Bertz CT molecular complexity index is 401. The summed E-state index contributed by atoms with van der Waals surface area (Å²) >= 11 is 5.12. The molecule has 1 aliphatic carbocycles. The van der Waals surface area contributed by atoms with Gasteiger partial charge in [-0.15, -0.1) is 11.3 Å². The van der Waals surface area contributed by atoms with Crippen LogP contribution in [0.15, 0.2) is 15.9 Å². The molecular weight excluding hydrogens is 288 g/mol. The van der Waals surface area contributed by atoms with Gasteiger partial charge < -0.3 is 5.11 Å². The van der Waals surface area contributed by atoms with Crippen LogP contribution in [-0.4, -0.2) is 11.1 Å². The van der Waals surface area contributed by atoms with Crippen LogP contribution in [0, 0.1) is 11.3 Å². The molecule has 1 heterocycles. The molecule has 2 nitrogen and oxygen atoms in total. The predicted octanol–water partition coefficient (Wildman–Crippen LogP) is 3.94. The molecule has 2 unspecified atom stereocenters. The van der Waals surface area contributed by atoms with Gasteiger partial charge in [-0.2, -0.15) is 0 Å². The van der Waals surface area contributed by atoms with E-state index < -0.39 is 11.4 Å². The molecule has 1 aromatic rings. The van der Waals surface area contributed by atoms with Crippen LogP contribution in [0.3, 0.4) is 0 Å². The Morgan fingerprint density at radius 1 is 1.75 bits per heavy atom. The molecule has 16 heavy (non-hydrogen) atoms. The summed E-state index contributed by atoms with van der Waals surface area (Å²) in [4.78, 5) is 12.7. The van der Waals surface area contributed by atoms with E-state index in [0.717, 1.165) is 28.6 Å². The van der Waals surface area contributed by atoms with Crippen molar-refractivity contribution in [1.29, 1.82) is 0 Å². The number of halogens is 1. The van der Waals surface area contributed by atoms with Crippen LogP contribution in [0.25, 0.3) is 0 Å². The lowest BCUT2D eigenvalue weighted by atomic mass is 9.81. The van der Waals surface area contributed by atoms with Crippen molar-refractivity contribution >= 4 is 33.2 Å². The van der Waals surface area contributed by atoms with Crippen molar-refractivity contribution in [3.8, 4) is 0 Å². The van der Waals surface area contributed by atoms with Gasteiger partial charge >= 0.3 is 5.97 Å². The van der Waals surface area contributed by atoms with E-state index >= 15 is 0 Å². The van der Waals surface area contributed by atoms with Crippen molar-refractivity contribution < 1.29 is 9.90 Å². The maximum Gasteiger partial charge on any atom is 0.310 e. The molecule has 1 N–H and O–H groups in total. The van der Waals surface area contributed by atoms with Crippen molar-refractivity contribution in [3.05, 3.63) is 20.8 Å². The number of carboxylic acid groups (broad SMARTS) is 1. The second-order valence-electron chi connectivity index (χ2n) is 4.80. The first-order valence-corrected chi connectivity index (χ1v) is 7.16. The molecule has 88 valence electrons. The molecule has 0 aliphatic heterocycles. The Morgan fingerprint density at radius 3 is 2.94 bits per heavy atom. The number of carboxylic acids is 1. The first-order chi connectivity index (χ1) is 7.53. The smallest absolute Gasteiger partial charge is 0.310 e. The topological polar surface area (TPSA) is 37.3 Å². The minimum Gasteiger partial charge on any atom is -0.481 e. The monoisotopic (exact) mass is 302 g/mol. The third-order valence-corrected chi connectivity index (χ3v) is 5.42. The number of thiophene rings is 1. The van der Waals surface area contributed by atoms with Crippen LogP contribution in [0.2, 0.25) is 0 Å². The standard InChI is InChI=1S/C12H15BrO2S/c1-8-2-4-12(6-8,11(14)15)7-10-9(13)3-5-16-10/h3,5,8H,2,4,6-7H2,1H3,(H,14,15). The number of carbonyl (C=O) groups is 1. The summed E-state index contributed by atoms with van der Waals surface area (Å²) in [5.41, 5.74) is -0.521. The number of hydrogen-bond acceptors (Lipinski definition) is 2. The molecule has 1 saturated carbocycles. The fourth-order valence-corrected chi connectivity index (χ4v) is 4.22. The molecule has 2 rings (SSSR count). The van der Waals surface area contributed by atoms with E-state index in [1.165, 1.54) is 0 Å². The van der Waals surface area contributed by atoms with E-state index in [0.29, 0.717) is 12.3 Å². The summed E-state index contributed by atoms with van der Waals surface area (Å²) in [5, 5.41) is 11.5. The fraction of sp³-hybridized carbons (Fsp3) is 0.583. The summed E-state index contributed by atoms with van der Waals surface area (Å²) in [7, 11) is 0. The Kier molecular flexibility index (Phi) is 3.40. The lowest BCUT2D eigenvalue weighted by Gasteiger charge is -2.23. The van der Waals surface area contributed by atoms with Crippen molar-refractivity contribution in [2.75, 3.05) is 0 Å². The SMILES string of the molecule is CC1CCC(Cc2sccc2Br)(C(=O)O)C1. The molecule has 4 heteroatoms. The lowest BCUT2D eigenvalue weighted by Crippen LogP contribution is -2.30. The average molecular weight is 303 g/mol. The molecule has 1 aliphatic rings. The quantitative estimate of drug-likeness (QED) is 0.918. The second kappa shape index (κ2) is 4.49. The Balaban J connectivity index is 2.22. The van der Waals surface area contributed by atoms with Crippen molar-refractivity contribution in [1.82, 2.24) is 0 Å². The molecule has 1 aromatic heterocycles. The Morgan fingerprint density at radius 2 is 2.50 bits per heavy atom. The first kappa shape index (κ1) is 12.1. The highest BCUT2D eigenvalue weighted by Gasteiger charge is 2.44. The Labute approximate surface area is 108 Å². The summed E-state index contributed by atoms with van der Waals surface area (Å²) in [6.45, 7) is 2.15. The number of rotatable bonds is 3. The van der Waals surface area contributed by atoms with E-state index in [4.69, 9.17) is 0 Å². The van der Waals surface area contributed by atoms with E-state index in [1.807, 2.05) is 11.4 Å². The van der Waals surface area contributed by atoms with E-state index in [-0.39, 0.29) is 0 Å². The molecule has 0 amide bonds. The normalized spacial score (nSPS) is 29.5. The Hall–Kier alpha value is -0.350.